The standard InChI is InChI=1S/C38H49O4P/c1-30-34(36(40)38(42-3)37(41-2)35(30)39)28-20-9-7-5-6-8-10-21-29-43(4,31-22-14-11-15-23-31,32-24-16-12-17-25-32)33-26-18-13-19-27-33/h11-19,22-27,39-40H,5-10,20-21,28-29H2,1-4H3. The zero-order valence-electron chi connectivity index (χ0n) is 26.4. The third-order valence-corrected chi connectivity index (χ3v) is 15.9. The summed E-state index contributed by atoms with van der Waals surface area (Å²) in [6.07, 6.45) is 11.2. The van der Waals surface area contributed by atoms with Crippen molar-refractivity contribution in [3.63, 3.8) is 0 Å². The van der Waals surface area contributed by atoms with Crippen LogP contribution in [-0.2, 0) is 6.42 Å². The average Bonchev–Trinajstić information content (AvgIpc) is 3.06. The molecule has 0 aliphatic carbocycles. The van der Waals surface area contributed by atoms with Gasteiger partial charge in [-0.3, -0.25) is 0 Å². The smallest absolute Gasteiger partial charge is 0.504 e. The van der Waals surface area contributed by atoms with E-state index in [4.69, 9.17) is 9.47 Å². The molecule has 0 aliphatic heterocycles. The van der Waals surface area contributed by atoms with Crippen molar-refractivity contribution >= 4 is 22.5 Å². The van der Waals surface area contributed by atoms with Crippen molar-refractivity contribution < 1.29 is 19.7 Å². The minimum absolute atomic E-state index is 0.0414. The van der Waals surface area contributed by atoms with Gasteiger partial charge < -0.3 is 19.7 Å². The summed E-state index contributed by atoms with van der Waals surface area (Å²) in [6.45, 7) is 1.75. The van der Waals surface area contributed by atoms with Crippen LogP contribution < -0.4 is 25.4 Å². The number of phenols is 2. The fourth-order valence-corrected chi connectivity index (χ4v) is 12.3. The molecule has 0 saturated carbocycles. The number of rotatable bonds is 16. The zero-order valence-corrected chi connectivity index (χ0v) is 27.3. The molecular formula is C38H49O4P. The molecular weight excluding hydrogens is 551 g/mol. The Bertz CT molecular complexity index is 1340. The van der Waals surface area contributed by atoms with Crippen LogP contribution in [0.4, 0.5) is 0 Å². The van der Waals surface area contributed by atoms with Crippen molar-refractivity contribution in [2.45, 2.75) is 64.7 Å². The van der Waals surface area contributed by atoms with Crippen LogP contribution in [0.2, 0.25) is 0 Å². The van der Waals surface area contributed by atoms with Gasteiger partial charge in [0.25, 0.3) is 0 Å². The average molecular weight is 601 g/mol. The molecule has 0 radical (unpaired) electrons. The molecule has 4 aromatic carbocycles. The molecule has 0 aliphatic rings. The van der Waals surface area contributed by atoms with Crippen molar-refractivity contribution in [3.05, 3.63) is 102 Å². The van der Waals surface area contributed by atoms with E-state index in [1.165, 1.54) is 74.8 Å². The molecule has 4 rings (SSSR count). The summed E-state index contributed by atoms with van der Waals surface area (Å²) in [6, 6.07) is 33.7. The van der Waals surface area contributed by atoms with Gasteiger partial charge in [0.1, 0.15) is 0 Å². The third-order valence-electron chi connectivity index (χ3n) is 9.40. The normalized spacial score (nSPS) is 12.4. The first-order valence-electron chi connectivity index (χ1n) is 15.7. The summed E-state index contributed by atoms with van der Waals surface area (Å²) < 4.78 is 10.5. The van der Waals surface area contributed by atoms with Gasteiger partial charge >= 0.3 is 201 Å². The molecule has 4 aromatic rings. The summed E-state index contributed by atoms with van der Waals surface area (Å²) in [5, 5.41) is 25.6. The number of ether oxygens (including phenoxy) is 2. The maximum absolute atomic E-state index is 10.7. The van der Waals surface area contributed by atoms with E-state index in [1.54, 1.807) is 0 Å². The Balaban J connectivity index is 1.32. The molecule has 0 atom stereocenters. The van der Waals surface area contributed by atoms with E-state index >= 15 is 0 Å². The quantitative estimate of drug-likeness (QED) is 0.0773. The molecule has 230 valence electrons. The Labute approximate surface area is 258 Å². The summed E-state index contributed by atoms with van der Waals surface area (Å²) in [5.74, 6) is 0.503. The number of benzene rings is 4. The summed E-state index contributed by atoms with van der Waals surface area (Å²) in [7, 11) is 2.94. The maximum atomic E-state index is 10.7. The predicted octanol–water partition coefficient (Wildman–Crippen LogP) is 8.25. The molecule has 4 nitrogen and oxygen atoms in total. The van der Waals surface area contributed by atoms with E-state index in [-0.39, 0.29) is 23.0 Å². The van der Waals surface area contributed by atoms with E-state index in [9.17, 15) is 10.2 Å². The van der Waals surface area contributed by atoms with Crippen molar-refractivity contribution in [1.29, 1.82) is 0 Å². The molecule has 0 saturated heterocycles. The van der Waals surface area contributed by atoms with Crippen LogP contribution in [0.5, 0.6) is 23.0 Å². The van der Waals surface area contributed by atoms with Gasteiger partial charge in [-0.05, 0) is 6.92 Å². The molecule has 0 bridgehead atoms. The Morgan fingerprint density at radius 1 is 0.535 bits per heavy atom. The van der Waals surface area contributed by atoms with Crippen LogP contribution in [0.15, 0.2) is 91.0 Å². The predicted molar refractivity (Wildman–Crippen MR) is 184 cm³/mol. The topological polar surface area (TPSA) is 58.9 Å². The molecule has 43 heavy (non-hydrogen) atoms. The second-order valence-corrected chi connectivity index (χ2v) is 17.6. The van der Waals surface area contributed by atoms with Crippen LogP contribution in [0.1, 0.15) is 62.5 Å². The van der Waals surface area contributed by atoms with Crippen molar-refractivity contribution in [2.75, 3.05) is 27.0 Å². The number of methoxy groups -OCH3 is 2. The third kappa shape index (κ3) is 6.70. The Hall–Kier alpha value is -3.49. The summed E-state index contributed by atoms with van der Waals surface area (Å²) in [4.78, 5) is 0. The van der Waals surface area contributed by atoms with Crippen LogP contribution >= 0.6 is 6.60 Å². The van der Waals surface area contributed by atoms with Crippen LogP contribution in [0.25, 0.3) is 0 Å². The van der Waals surface area contributed by atoms with E-state index in [2.05, 4.69) is 97.7 Å². The molecule has 0 unspecified atom stereocenters. The minimum atomic E-state index is -2.64. The van der Waals surface area contributed by atoms with Gasteiger partial charge in [-0.1, -0.05) is 0 Å². The van der Waals surface area contributed by atoms with Crippen LogP contribution in [-0.4, -0.2) is 37.3 Å². The van der Waals surface area contributed by atoms with Gasteiger partial charge in [0.2, 0.25) is 11.5 Å². The molecule has 0 fully saturated rings. The molecule has 0 amide bonds. The minimum Gasteiger partial charge on any atom is -0.504 e. The van der Waals surface area contributed by atoms with Crippen molar-refractivity contribution in [3.8, 4) is 23.0 Å². The molecule has 0 heterocycles. The monoisotopic (exact) mass is 600 g/mol. The van der Waals surface area contributed by atoms with E-state index in [0.717, 1.165) is 18.4 Å². The first-order valence-corrected chi connectivity index (χ1v) is 18.6. The summed E-state index contributed by atoms with van der Waals surface area (Å²) >= 11 is 0. The molecule has 0 spiro atoms. The number of unbranched alkanes of at least 4 members (excludes halogenated alkanes) is 7. The van der Waals surface area contributed by atoms with Gasteiger partial charge in [0.15, 0.2) is 5.75 Å². The van der Waals surface area contributed by atoms with E-state index in [0.29, 0.717) is 12.0 Å². The number of phenolic OH excluding ortho intramolecular Hbond substituents is 2. The van der Waals surface area contributed by atoms with Gasteiger partial charge in [0, 0.05) is 0 Å². The number of aromatic hydroxyl groups is 2. The Morgan fingerprint density at radius 2 is 0.907 bits per heavy atom. The van der Waals surface area contributed by atoms with Crippen molar-refractivity contribution in [2.24, 2.45) is 0 Å². The molecule has 0 aromatic heterocycles. The van der Waals surface area contributed by atoms with Gasteiger partial charge in [-0.2, -0.15) is 0 Å². The van der Waals surface area contributed by atoms with E-state index < -0.39 is 6.60 Å². The van der Waals surface area contributed by atoms with Crippen molar-refractivity contribution in [1.82, 2.24) is 0 Å². The molecule has 2 N–H and O–H groups in total. The SMILES string of the molecule is COc1c(O)c(C)c(CCCCCCCCCCP(C)(c2ccccc2)(c2ccccc2)c2ccccc2)c(O)c1OC. The second kappa shape index (κ2) is 14.8. The fraction of sp³-hybridized carbons (Fsp3) is 0.368. The zero-order chi connectivity index (χ0) is 30.7. The van der Waals surface area contributed by atoms with E-state index in [1.807, 2.05) is 6.92 Å². The van der Waals surface area contributed by atoms with Gasteiger partial charge in [-0.15, -0.1) is 0 Å². The van der Waals surface area contributed by atoms with Crippen LogP contribution in [0, 0.1) is 6.92 Å². The Morgan fingerprint density at radius 3 is 1.33 bits per heavy atom. The Kier molecular flexibility index (Phi) is 11.2. The fourth-order valence-electron chi connectivity index (χ4n) is 6.73. The molecule has 5 heteroatoms. The van der Waals surface area contributed by atoms with Crippen LogP contribution in [0.3, 0.4) is 0 Å². The van der Waals surface area contributed by atoms with Gasteiger partial charge in [0.05, 0.1) is 14.2 Å². The first-order chi connectivity index (χ1) is 20.9. The van der Waals surface area contributed by atoms with Gasteiger partial charge in [-0.25, -0.2) is 0 Å². The second-order valence-electron chi connectivity index (χ2n) is 12.0. The first kappa shape index (κ1) is 32.4. The number of hydrogen-bond donors (Lipinski definition) is 2. The number of hydrogen-bond acceptors (Lipinski definition) is 4. The summed E-state index contributed by atoms with van der Waals surface area (Å²) in [5.41, 5.74) is 1.40.